The van der Waals surface area contributed by atoms with Gasteiger partial charge in [0, 0.05) is 29.5 Å². The van der Waals surface area contributed by atoms with Crippen LogP contribution < -0.4 is 10.4 Å². The number of hydrogen-bond donors (Lipinski definition) is 1. The Morgan fingerprint density at radius 2 is 2.25 bits per heavy atom. The lowest BCUT2D eigenvalue weighted by Gasteiger charge is -2.23. The summed E-state index contributed by atoms with van der Waals surface area (Å²) in [6.45, 7) is 0.507. The van der Waals surface area contributed by atoms with E-state index in [1.807, 2.05) is 36.2 Å². The van der Waals surface area contributed by atoms with Gasteiger partial charge < -0.3 is 10.0 Å². The van der Waals surface area contributed by atoms with Crippen molar-refractivity contribution in [2.24, 2.45) is 0 Å². The molecular weight excluding hydrogens is 226 g/mol. The van der Waals surface area contributed by atoms with E-state index in [1.165, 1.54) is 0 Å². The lowest BCUT2D eigenvalue weighted by Crippen LogP contribution is -2.40. The van der Waals surface area contributed by atoms with Gasteiger partial charge in [-0.15, -0.1) is 0 Å². The Hall–Kier alpha value is -1.48. The van der Waals surface area contributed by atoms with Crippen LogP contribution in [-0.2, 0) is 4.79 Å². The molecule has 1 N–H and O–H groups in total. The third kappa shape index (κ3) is 2.04. The fraction of sp³-hybridized carbons (Fsp3) is 0.250. The highest BCUT2D eigenvalue weighted by molar-refractivity contribution is 6.30. The summed E-state index contributed by atoms with van der Waals surface area (Å²) in [7, 11) is 1.89. The first-order valence-electron chi connectivity index (χ1n) is 5.02. The van der Waals surface area contributed by atoms with Crippen molar-refractivity contribution in [2.45, 2.75) is 6.42 Å². The zero-order valence-corrected chi connectivity index (χ0v) is 9.66. The summed E-state index contributed by atoms with van der Waals surface area (Å²) in [5.74, 6) is -0.780. The van der Waals surface area contributed by atoms with Gasteiger partial charge in [0.25, 0.3) is 0 Å². The molecule has 0 saturated carbocycles. The van der Waals surface area contributed by atoms with Gasteiger partial charge in [-0.1, -0.05) is 17.7 Å². The second-order valence-electron chi connectivity index (χ2n) is 3.83. The van der Waals surface area contributed by atoms with Gasteiger partial charge in [-0.25, -0.2) is 0 Å². The quantitative estimate of drug-likeness (QED) is 0.836. The van der Waals surface area contributed by atoms with Crippen molar-refractivity contribution >= 4 is 29.3 Å². The molecule has 1 aromatic carbocycles. The van der Waals surface area contributed by atoms with Gasteiger partial charge in [0.2, 0.25) is 0 Å². The second-order valence-corrected chi connectivity index (χ2v) is 4.26. The average molecular weight is 238 g/mol. The summed E-state index contributed by atoms with van der Waals surface area (Å²) < 4.78 is 0. The van der Waals surface area contributed by atoms with Gasteiger partial charge in [-0.2, -0.15) is 0 Å². The first-order valence-corrected chi connectivity index (χ1v) is 5.40. The molecule has 0 radical (unpaired) electrons. The third-order valence-corrected chi connectivity index (χ3v) is 2.89. The fourth-order valence-corrected chi connectivity index (χ4v) is 1.90. The summed E-state index contributed by atoms with van der Waals surface area (Å²) in [5, 5.41) is 11.6. The van der Waals surface area contributed by atoms with E-state index in [0.717, 1.165) is 16.1 Å². The number of fused-ring (bicyclic) bond motifs is 1. The number of rotatable bonds is 4. The Morgan fingerprint density at radius 1 is 1.50 bits per heavy atom. The normalized spacial score (nSPS) is 12.5. The molecule has 1 aliphatic rings. The molecule has 0 unspecified atom stereocenters. The topological polar surface area (TPSA) is 40.5 Å². The molecule has 1 aromatic rings. The highest BCUT2D eigenvalue weighted by Gasteiger charge is 2.11. The van der Waals surface area contributed by atoms with Crippen molar-refractivity contribution in [2.75, 3.05) is 13.6 Å². The van der Waals surface area contributed by atoms with Crippen molar-refractivity contribution in [3.63, 3.8) is 0 Å². The van der Waals surface area contributed by atoms with Gasteiger partial charge in [0.05, 0.1) is 6.42 Å². The largest absolute Gasteiger partial charge is 0.481 e. The Bertz CT molecular complexity index is 551. The molecule has 0 bridgehead atoms. The number of benzene rings is 1. The van der Waals surface area contributed by atoms with Crippen molar-refractivity contribution in [3.8, 4) is 0 Å². The minimum Gasteiger partial charge on any atom is -0.481 e. The molecule has 3 nitrogen and oxygen atoms in total. The van der Waals surface area contributed by atoms with E-state index >= 15 is 0 Å². The van der Waals surface area contributed by atoms with E-state index in [2.05, 4.69) is 0 Å². The average Bonchev–Trinajstić information content (AvgIpc) is 2.20. The zero-order chi connectivity index (χ0) is 11.7. The highest BCUT2D eigenvalue weighted by Crippen LogP contribution is 2.10. The number of nitrogens with zero attached hydrogens (tertiary/aromatic N) is 1. The van der Waals surface area contributed by atoms with Gasteiger partial charge in [0.1, 0.15) is 0 Å². The molecule has 0 spiro atoms. The van der Waals surface area contributed by atoms with Crippen molar-refractivity contribution in [3.05, 3.63) is 33.7 Å². The number of carboxylic acid groups (broad SMARTS) is 1. The summed E-state index contributed by atoms with van der Waals surface area (Å²) in [6.07, 6.45) is 2.18. The minimum absolute atomic E-state index is 0.143. The number of carbonyl (C=O) groups is 1. The predicted molar refractivity (Wildman–Crippen MR) is 63.5 cm³/mol. The lowest BCUT2D eigenvalue weighted by molar-refractivity contribution is -0.137. The smallest absolute Gasteiger partial charge is 0.305 e. The number of hydrogen-bond acceptors (Lipinski definition) is 2. The minimum atomic E-state index is -0.780. The van der Waals surface area contributed by atoms with Gasteiger partial charge in [-0.05, 0) is 23.4 Å². The molecule has 0 heterocycles. The Balaban J connectivity index is 2.20. The first-order chi connectivity index (χ1) is 7.58. The predicted octanol–water partition coefficient (Wildman–Crippen LogP) is 0.649. The van der Waals surface area contributed by atoms with Crippen molar-refractivity contribution in [1.82, 2.24) is 4.90 Å². The van der Waals surface area contributed by atoms with Crippen LogP contribution >= 0.6 is 11.6 Å². The van der Waals surface area contributed by atoms with Crippen LogP contribution in [0.25, 0.3) is 11.8 Å². The van der Waals surface area contributed by atoms with E-state index in [-0.39, 0.29) is 6.42 Å². The van der Waals surface area contributed by atoms with Gasteiger partial charge in [-0.3, -0.25) is 4.79 Å². The molecule has 0 fully saturated rings. The molecule has 4 heteroatoms. The monoisotopic (exact) mass is 237 g/mol. The molecule has 0 aliphatic heterocycles. The zero-order valence-electron chi connectivity index (χ0n) is 8.90. The summed E-state index contributed by atoms with van der Waals surface area (Å²) in [4.78, 5) is 12.4. The Labute approximate surface area is 98.3 Å². The van der Waals surface area contributed by atoms with E-state index < -0.39 is 5.97 Å². The maximum Gasteiger partial charge on any atom is 0.305 e. The van der Waals surface area contributed by atoms with Crippen LogP contribution in [-0.4, -0.2) is 29.6 Å². The van der Waals surface area contributed by atoms with Crippen LogP contribution in [0.4, 0.5) is 0 Å². The van der Waals surface area contributed by atoms with E-state index in [1.54, 1.807) is 0 Å². The molecule has 84 valence electrons. The van der Waals surface area contributed by atoms with E-state index in [9.17, 15) is 4.79 Å². The van der Waals surface area contributed by atoms with E-state index in [4.69, 9.17) is 16.7 Å². The molecule has 2 rings (SSSR count). The van der Waals surface area contributed by atoms with Crippen LogP contribution in [0, 0.1) is 0 Å². The van der Waals surface area contributed by atoms with Gasteiger partial charge >= 0.3 is 5.97 Å². The summed E-state index contributed by atoms with van der Waals surface area (Å²) >= 11 is 5.91. The van der Waals surface area contributed by atoms with Crippen LogP contribution in [0.15, 0.2) is 18.2 Å². The van der Waals surface area contributed by atoms with Gasteiger partial charge in [0.15, 0.2) is 0 Å². The van der Waals surface area contributed by atoms with Crippen LogP contribution in [0.2, 0.25) is 5.02 Å². The third-order valence-electron chi connectivity index (χ3n) is 2.66. The standard InChI is InChI=1S/C12H12ClNO2/c1-14(5-4-12(15)16)11-6-8-2-3-9(13)7-10(8)11/h2-3,6-7H,4-5H2,1H3,(H,15,16). The molecule has 0 amide bonds. The lowest BCUT2D eigenvalue weighted by atomic mass is 10.1. The van der Waals surface area contributed by atoms with Crippen LogP contribution in [0.5, 0.6) is 0 Å². The van der Waals surface area contributed by atoms with Crippen LogP contribution in [0.3, 0.4) is 0 Å². The molecule has 0 atom stereocenters. The second kappa shape index (κ2) is 4.18. The van der Waals surface area contributed by atoms with Crippen molar-refractivity contribution < 1.29 is 9.90 Å². The number of aliphatic carboxylic acids is 1. The van der Waals surface area contributed by atoms with E-state index in [0.29, 0.717) is 11.6 Å². The fourth-order valence-electron chi connectivity index (χ4n) is 1.72. The number of halogens is 1. The maximum absolute atomic E-state index is 10.5. The van der Waals surface area contributed by atoms with Crippen molar-refractivity contribution in [1.29, 1.82) is 0 Å². The maximum atomic E-state index is 10.5. The Kier molecular flexibility index (Phi) is 2.88. The first kappa shape index (κ1) is 11.0. The molecule has 0 aromatic heterocycles. The molecule has 1 aliphatic carbocycles. The summed E-state index contributed by atoms with van der Waals surface area (Å²) in [6, 6.07) is 5.72. The summed E-state index contributed by atoms with van der Waals surface area (Å²) in [5.41, 5.74) is 1.05. The molecular formula is C12H12ClNO2. The number of carboxylic acids is 1. The SMILES string of the molecule is CN(CCC(=O)O)C1=c2cc(Cl)ccc2=C1. The molecule has 16 heavy (non-hydrogen) atoms. The Morgan fingerprint density at radius 3 is 2.94 bits per heavy atom. The highest BCUT2D eigenvalue weighted by atomic mass is 35.5. The molecule has 0 saturated heterocycles. The van der Waals surface area contributed by atoms with Crippen LogP contribution in [0.1, 0.15) is 6.42 Å².